The number of benzene rings is 2. The van der Waals surface area contributed by atoms with E-state index >= 15 is 0 Å². The van der Waals surface area contributed by atoms with Crippen molar-refractivity contribution in [2.75, 3.05) is 38.1 Å². The van der Waals surface area contributed by atoms with E-state index in [1.807, 2.05) is 0 Å². The lowest BCUT2D eigenvalue weighted by atomic mass is 9.98. The molecule has 0 saturated carbocycles. The maximum atomic E-state index is 2.54. The Balaban J connectivity index is 1.71. The van der Waals surface area contributed by atoms with Gasteiger partial charge in [-0.3, -0.25) is 0 Å². The van der Waals surface area contributed by atoms with Crippen molar-refractivity contribution in [3.05, 3.63) is 65.2 Å². The topological polar surface area (TPSA) is 6.48 Å². The molecule has 0 radical (unpaired) electrons. The van der Waals surface area contributed by atoms with Crippen LogP contribution in [0.15, 0.2) is 48.5 Å². The van der Waals surface area contributed by atoms with Crippen LogP contribution >= 0.6 is 0 Å². The molecule has 2 aromatic carbocycles. The van der Waals surface area contributed by atoms with E-state index in [9.17, 15) is 0 Å². The van der Waals surface area contributed by atoms with E-state index in [1.165, 1.54) is 22.4 Å². The molecule has 116 valence electrons. The van der Waals surface area contributed by atoms with Crippen LogP contribution in [0.3, 0.4) is 0 Å². The molecular weight excluding hydrogens is 268 g/mol. The van der Waals surface area contributed by atoms with Crippen LogP contribution in [0.1, 0.15) is 16.7 Å². The molecule has 1 aliphatic rings. The molecule has 0 aromatic heterocycles. The van der Waals surface area contributed by atoms with Crippen molar-refractivity contribution in [2.45, 2.75) is 19.8 Å². The lowest BCUT2D eigenvalue weighted by molar-refractivity contribution is 0.312. The van der Waals surface area contributed by atoms with Gasteiger partial charge in [-0.05, 0) is 49.6 Å². The molecule has 1 aliphatic heterocycles. The number of hydrogen-bond acceptors (Lipinski definition) is 2. The van der Waals surface area contributed by atoms with Gasteiger partial charge in [0, 0.05) is 31.9 Å². The van der Waals surface area contributed by atoms with E-state index in [0.717, 1.165) is 39.0 Å². The zero-order chi connectivity index (χ0) is 15.4. The lowest BCUT2D eigenvalue weighted by Crippen LogP contribution is -2.44. The summed E-state index contributed by atoms with van der Waals surface area (Å²) in [5, 5.41) is 0. The molecule has 1 saturated heterocycles. The molecule has 0 N–H and O–H groups in total. The second kappa shape index (κ2) is 6.97. The Morgan fingerprint density at radius 1 is 0.818 bits per heavy atom. The van der Waals surface area contributed by atoms with Crippen molar-refractivity contribution >= 4 is 5.69 Å². The van der Waals surface area contributed by atoms with Gasteiger partial charge >= 0.3 is 0 Å². The Bertz CT molecular complexity index is 598. The maximum Gasteiger partial charge on any atom is 0.0399 e. The summed E-state index contributed by atoms with van der Waals surface area (Å²) in [5.41, 5.74) is 5.80. The van der Waals surface area contributed by atoms with E-state index in [1.54, 1.807) is 0 Å². The fraction of sp³-hybridized carbons (Fsp3) is 0.400. The van der Waals surface area contributed by atoms with Crippen LogP contribution in [0.2, 0.25) is 0 Å². The summed E-state index contributed by atoms with van der Waals surface area (Å²) >= 11 is 0. The molecule has 2 nitrogen and oxygen atoms in total. The van der Waals surface area contributed by atoms with Gasteiger partial charge in [0.2, 0.25) is 0 Å². The summed E-state index contributed by atoms with van der Waals surface area (Å²) in [5.74, 6) is 0. The largest absolute Gasteiger partial charge is 0.369 e. The first kappa shape index (κ1) is 15.1. The number of rotatable bonds is 4. The molecule has 0 aliphatic carbocycles. The molecular formula is C20H26N2. The second-order valence-corrected chi connectivity index (χ2v) is 6.34. The first-order chi connectivity index (χ1) is 10.7. The molecule has 0 amide bonds. The fourth-order valence-corrected chi connectivity index (χ4v) is 3.25. The number of anilines is 1. The van der Waals surface area contributed by atoms with Crippen LogP contribution in [0, 0.1) is 6.92 Å². The molecule has 2 aromatic rings. The van der Waals surface area contributed by atoms with Gasteiger partial charge in [0.1, 0.15) is 0 Å². The van der Waals surface area contributed by atoms with E-state index < -0.39 is 0 Å². The summed E-state index contributed by atoms with van der Waals surface area (Å²) in [4.78, 5) is 4.95. The Kier molecular flexibility index (Phi) is 4.79. The van der Waals surface area contributed by atoms with Gasteiger partial charge in [-0.25, -0.2) is 0 Å². The standard InChI is InChI=1S/C20H26N2/c1-17-19(12-11-18-7-4-3-5-8-18)9-6-10-20(17)22-15-13-21(2)14-16-22/h3-10H,11-16H2,1-2H3. The van der Waals surface area contributed by atoms with Gasteiger partial charge < -0.3 is 9.80 Å². The molecule has 1 fully saturated rings. The third kappa shape index (κ3) is 3.50. The third-order valence-electron chi connectivity index (χ3n) is 4.79. The van der Waals surface area contributed by atoms with Gasteiger partial charge in [-0.15, -0.1) is 0 Å². The number of aryl methyl sites for hydroxylation is 2. The highest BCUT2D eigenvalue weighted by Crippen LogP contribution is 2.25. The smallest absolute Gasteiger partial charge is 0.0399 e. The minimum atomic E-state index is 1.12. The Labute approximate surface area is 134 Å². The van der Waals surface area contributed by atoms with Crippen molar-refractivity contribution in [3.8, 4) is 0 Å². The van der Waals surface area contributed by atoms with Gasteiger partial charge in [0.05, 0.1) is 0 Å². The Hall–Kier alpha value is -1.80. The first-order valence-corrected chi connectivity index (χ1v) is 8.30. The summed E-state index contributed by atoms with van der Waals surface area (Å²) in [6, 6.07) is 17.6. The second-order valence-electron chi connectivity index (χ2n) is 6.34. The SMILES string of the molecule is Cc1c(CCc2ccccc2)cccc1N1CCN(C)CC1. The zero-order valence-corrected chi connectivity index (χ0v) is 13.8. The van der Waals surface area contributed by atoms with Crippen LogP contribution < -0.4 is 4.90 Å². The lowest BCUT2D eigenvalue weighted by Gasteiger charge is -2.35. The predicted octanol–water partition coefficient (Wildman–Crippen LogP) is 3.53. The fourth-order valence-electron chi connectivity index (χ4n) is 3.25. The highest BCUT2D eigenvalue weighted by Gasteiger charge is 2.16. The Morgan fingerprint density at radius 3 is 2.27 bits per heavy atom. The van der Waals surface area contributed by atoms with Crippen molar-refractivity contribution in [3.63, 3.8) is 0 Å². The summed E-state index contributed by atoms with van der Waals surface area (Å²) in [7, 11) is 2.21. The predicted molar refractivity (Wildman–Crippen MR) is 94.7 cm³/mol. The highest BCUT2D eigenvalue weighted by molar-refractivity contribution is 5.56. The van der Waals surface area contributed by atoms with E-state index in [-0.39, 0.29) is 0 Å². The first-order valence-electron chi connectivity index (χ1n) is 8.30. The van der Waals surface area contributed by atoms with Crippen molar-refractivity contribution in [1.82, 2.24) is 4.90 Å². The molecule has 0 unspecified atom stereocenters. The quantitative estimate of drug-likeness (QED) is 0.851. The van der Waals surface area contributed by atoms with Crippen molar-refractivity contribution < 1.29 is 0 Å². The molecule has 2 heteroatoms. The molecule has 1 heterocycles. The van der Waals surface area contributed by atoms with Crippen molar-refractivity contribution in [1.29, 1.82) is 0 Å². The van der Waals surface area contributed by atoms with E-state index in [4.69, 9.17) is 0 Å². The van der Waals surface area contributed by atoms with E-state index in [2.05, 4.69) is 72.3 Å². The monoisotopic (exact) mass is 294 g/mol. The van der Waals surface area contributed by atoms with Gasteiger partial charge in [0.15, 0.2) is 0 Å². The molecule has 0 atom stereocenters. The number of likely N-dealkylation sites (N-methyl/N-ethyl adjacent to an activating group) is 1. The average molecular weight is 294 g/mol. The van der Waals surface area contributed by atoms with Crippen molar-refractivity contribution in [2.24, 2.45) is 0 Å². The Morgan fingerprint density at radius 2 is 1.55 bits per heavy atom. The third-order valence-corrected chi connectivity index (χ3v) is 4.79. The van der Waals surface area contributed by atoms with Crippen LogP contribution in [0.25, 0.3) is 0 Å². The number of hydrogen-bond donors (Lipinski definition) is 0. The van der Waals surface area contributed by atoms with Crippen LogP contribution in [-0.4, -0.2) is 38.1 Å². The number of nitrogens with zero attached hydrogens (tertiary/aromatic N) is 2. The maximum absolute atomic E-state index is 2.54. The summed E-state index contributed by atoms with van der Waals surface area (Å²) < 4.78 is 0. The normalized spacial score (nSPS) is 16.0. The van der Waals surface area contributed by atoms with Crippen LogP contribution in [0.4, 0.5) is 5.69 Å². The molecule has 3 rings (SSSR count). The van der Waals surface area contributed by atoms with E-state index in [0.29, 0.717) is 0 Å². The average Bonchev–Trinajstić information content (AvgIpc) is 2.56. The molecule has 0 bridgehead atoms. The minimum Gasteiger partial charge on any atom is -0.369 e. The summed E-state index contributed by atoms with van der Waals surface area (Å²) in [6.45, 7) is 6.88. The van der Waals surface area contributed by atoms with Gasteiger partial charge in [-0.1, -0.05) is 42.5 Å². The van der Waals surface area contributed by atoms with Gasteiger partial charge in [-0.2, -0.15) is 0 Å². The molecule has 22 heavy (non-hydrogen) atoms. The van der Waals surface area contributed by atoms with Crippen LogP contribution in [-0.2, 0) is 12.8 Å². The highest BCUT2D eigenvalue weighted by atomic mass is 15.2. The summed E-state index contributed by atoms with van der Waals surface area (Å²) in [6.07, 6.45) is 2.24. The van der Waals surface area contributed by atoms with Crippen LogP contribution in [0.5, 0.6) is 0 Å². The minimum absolute atomic E-state index is 1.12. The molecule has 0 spiro atoms. The zero-order valence-electron chi connectivity index (χ0n) is 13.8. The van der Waals surface area contributed by atoms with Gasteiger partial charge in [0.25, 0.3) is 0 Å². The number of piperazine rings is 1.